The minimum Gasteiger partial charge on any atom is -0.491 e. The van der Waals surface area contributed by atoms with E-state index in [-0.39, 0.29) is 24.5 Å². The van der Waals surface area contributed by atoms with Crippen LogP contribution in [0.25, 0.3) is 5.65 Å². The predicted molar refractivity (Wildman–Crippen MR) is 101 cm³/mol. The van der Waals surface area contributed by atoms with E-state index in [9.17, 15) is 9.18 Å². The molecule has 3 aromatic rings. The molecule has 2 aliphatic heterocycles. The van der Waals surface area contributed by atoms with Crippen molar-refractivity contribution in [3.63, 3.8) is 0 Å². The number of fused-ring (bicyclic) bond motifs is 5. The van der Waals surface area contributed by atoms with Crippen molar-refractivity contribution in [2.75, 3.05) is 29.9 Å². The number of anilines is 2. The molecule has 8 nitrogen and oxygen atoms in total. The summed E-state index contributed by atoms with van der Waals surface area (Å²) in [7, 11) is 0. The standard InChI is InChI=1S/C19H19FN6O2/c20-12-3-4-16-13(10-12)15-2-1-7-25(15)17-5-8-26-18(24-17)14(11-22-26)23-19(27)21-6-9-28-16/h3-5,8,10-11,15H,1-2,6-7,9H2,(H2,21,23,27). The molecule has 1 saturated heterocycles. The summed E-state index contributed by atoms with van der Waals surface area (Å²) in [6, 6.07) is 6.07. The van der Waals surface area contributed by atoms with E-state index < -0.39 is 0 Å². The normalized spacial score (nSPS) is 19.4. The second kappa shape index (κ2) is 6.66. The maximum absolute atomic E-state index is 14.0. The van der Waals surface area contributed by atoms with Gasteiger partial charge in [0, 0.05) is 18.3 Å². The van der Waals surface area contributed by atoms with Gasteiger partial charge in [-0.25, -0.2) is 18.7 Å². The number of amides is 2. The van der Waals surface area contributed by atoms with Crippen LogP contribution in [-0.2, 0) is 0 Å². The first-order valence-electron chi connectivity index (χ1n) is 9.27. The number of halogens is 1. The third kappa shape index (κ3) is 2.88. The summed E-state index contributed by atoms with van der Waals surface area (Å²) in [5.74, 6) is 1.09. The average Bonchev–Trinajstić information content (AvgIpc) is 3.32. The molecule has 0 aliphatic carbocycles. The molecule has 2 aliphatic rings. The van der Waals surface area contributed by atoms with Gasteiger partial charge in [0.05, 0.1) is 18.8 Å². The lowest BCUT2D eigenvalue weighted by Crippen LogP contribution is -2.32. The molecular formula is C19H19FN6O2. The van der Waals surface area contributed by atoms with Crippen LogP contribution in [0.4, 0.5) is 20.7 Å². The van der Waals surface area contributed by atoms with Gasteiger partial charge in [0.1, 0.15) is 29.7 Å². The molecule has 5 rings (SSSR count). The van der Waals surface area contributed by atoms with E-state index >= 15 is 0 Å². The molecule has 1 unspecified atom stereocenters. The highest BCUT2D eigenvalue weighted by atomic mass is 19.1. The maximum Gasteiger partial charge on any atom is 0.319 e. The van der Waals surface area contributed by atoms with Crippen molar-refractivity contribution >= 4 is 23.2 Å². The number of nitrogens with one attached hydrogen (secondary N) is 2. The third-order valence-corrected chi connectivity index (χ3v) is 5.13. The van der Waals surface area contributed by atoms with Crippen molar-refractivity contribution in [1.82, 2.24) is 19.9 Å². The van der Waals surface area contributed by atoms with Gasteiger partial charge >= 0.3 is 6.03 Å². The van der Waals surface area contributed by atoms with E-state index in [0.717, 1.165) is 30.8 Å². The van der Waals surface area contributed by atoms with Gasteiger partial charge < -0.3 is 20.3 Å². The fourth-order valence-electron chi connectivity index (χ4n) is 3.87. The Labute approximate surface area is 160 Å². The Kier molecular flexibility index (Phi) is 4.00. The summed E-state index contributed by atoms with van der Waals surface area (Å²) in [5, 5.41) is 9.76. The fraction of sp³-hybridized carbons (Fsp3) is 0.316. The summed E-state index contributed by atoms with van der Waals surface area (Å²) in [6.45, 7) is 1.40. The van der Waals surface area contributed by atoms with Crippen LogP contribution in [0.3, 0.4) is 0 Å². The summed E-state index contributed by atoms with van der Waals surface area (Å²) in [4.78, 5) is 19.0. The zero-order valence-corrected chi connectivity index (χ0v) is 15.1. The maximum atomic E-state index is 14.0. The number of rotatable bonds is 0. The first-order valence-corrected chi connectivity index (χ1v) is 9.27. The summed E-state index contributed by atoms with van der Waals surface area (Å²) < 4.78 is 21.5. The number of ether oxygens (including phenoxy) is 1. The number of benzene rings is 1. The minimum atomic E-state index is -0.360. The molecule has 0 radical (unpaired) electrons. The minimum absolute atomic E-state index is 0.0301. The first-order chi connectivity index (χ1) is 13.7. The highest BCUT2D eigenvalue weighted by molar-refractivity contribution is 5.93. The first kappa shape index (κ1) is 16.8. The lowest BCUT2D eigenvalue weighted by atomic mass is 10.0. The number of carbonyl (C=O) groups excluding carboxylic acids is 1. The number of hydrogen-bond donors (Lipinski definition) is 2. The van der Waals surface area contributed by atoms with E-state index in [1.54, 1.807) is 16.8 Å². The van der Waals surface area contributed by atoms with Crippen LogP contribution in [0.1, 0.15) is 24.4 Å². The molecule has 0 spiro atoms. The van der Waals surface area contributed by atoms with Gasteiger partial charge in [0.25, 0.3) is 0 Å². The monoisotopic (exact) mass is 382 g/mol. The molecule has 4 heterocycles. The van der Waals surface area contributed by atoms with E-state index in [2.05, 4.69) is 20.6 Å². The van der Waals surface area contributed by atoms with Gasteiger partial charge in [-0.3, -0.25) is 0 Å². The second-order valence-electron chi connectivity index (χ2n) is 6.88. The van der Waals surface area contributed by atoms with Gasteiger partial charge in [-0.15, -0.1) is 0 Å². The topological polar surface area (TPSA) is 83.8 Å². The number of carbonyl (C=O) groups is 1. The van der Waals surface area contributed by atoms with Gasteiger partial charge in [-0.1, -0.05) is 0 Å². The van der Waals surface area contributed by atoms with Gasteiger partial charge in [0.15, 0.2) is 5.65 Å². The SMILES string of the molecule is O=C1NCCOc2ccc(F)cc2C2CCCN2c2ccn3ncc(c3n2)N1. The molecule has 1 atom stereocenters. The number of aromatic nitrogens is 3. The van der Waals surface area contributed by atoms with Crippen LogP contribution in [0, 0.1) is 5.82 Å². The van der Waals surface area contributed by atoms with E-state index in [1.165, 1.54) is 12.1 Å². The molecule has 9 heteroatoms. The van der Waals surface area contributed by atoms with Crippen molar-refractivity contribution in [2.24, 2.45) is 0 Å². The van der Waals surface area contributed by atoms with Crippen LogP contribution in [0.5, 0.6) is 5.75 Å². The highest BCUT2D eigenvalue weighted by Crippen LogP contribution is 2.40. The molecule has 2 N–H and O–H groups in total. The summed E-state index contributed by atoms with van der Waals surface area (Å²) in [5.41, 5.74) is 1.89. The van der Waals surface area contributed by atoms with E-state index in [4.69, 9.17) is 9.72 Å². The summed E-state index contributed by atoms with van der Waals surface area (Å²) in [6.07, 6.45) is 5.23. The Morgan fingerprint density at radius 2 is 2.21 bits per heavy atom. The molecule has 2 aromatic heterocycles. The van der Waals surface area contributed by atoms with Gasteiger partial charge in [-0.05, 0) is 37.1 Å². The Balaban J connectivity index is 1.64. The van der Waals surface area contributed by atoms with Crippen LogP contribution in [-0.4, -0.2) is 40.3 Å². The molecule has 1 fully saturated rings. The zero-order valence-electron chi connectivity index (χ0n) is 15.1. The largest absolute Gasteiger partial charge is 0.491 e. The van der Waals surface area contributed by atoms with Crippen molar-refractivity contribution in [1.29, 1.82) is 0 Å². The quantitative estimate of drug-likeness (QED) is 0.625. The molecule has 2 bridgehead atoms. The van der Waals surface area contributed by atoms with Crippen molar-refractivity contribution < 1.29 is 13.9 Å². The van der Waals surface area contributed by atoms with E-state index in [1.807, 2.05) is 12.3 Å². The van der Waals surface area contributed by atoms with Gasteiger partial charge in [0.2, 0.25) is 0 Å². The van der Waals surface area contributed by atoms with E-state index in [0.29, 0.717) is 23.6 Å². The van der Waals surface area contributed by atoms with Crippen molar-refractivity contribution in [3.05, 3.63) is 48.0 Å². The van der Waals surface area contributed by atoms with Crippen LogP contribution in [0.15, 0.2) is 36.7 Å². The van der Waals surface area contributed by atoms with Crippen molar-refractivity contribution in [2.45, 2.75) is 18.9 Å². The zero-order chi connectivity index (χ0) is 19.1. The van der Waals surface area contributed by atoms with Crippen LogP contribution < -0.4 is 20.3 Å². The molecule has 0 saturated carbocycles. The number of urea groups is 1. The lowest BCUT2D eigenvalue weighted by Gasteiger charge is -2.28. The Morgan fingerprint density at radius 1 is 1.29 bits per heavy atom. The number of nitrogens with zero attached hydrogens (tertiary/aromatic N) is 4. The summed E-state index contributed by atoms with van der Waals surface area (Å²) >= 11 is 0. The molecule has 1 aromatic carbocycles. The Morgan fingerprint density at radius 3 is 3.14 bits per heavy atom. The van der Waals surface area contributed by atoms with Crippen LogP contribution >= 0.6 is 0 Å². The Bertz CT molecular complexity index is 1050. The Hall–Kier alpha value is -3.36. The number of hydrogen-bond acceptors (Lipinski definition) is 5. The fourth-order valence-corrected chi connectivity index (χ4v) is 3.87. The predicted octanol–water partition coefficient (Wildman–Crippen LogP) is 2.72. The molecular weight excluding hydrogens is 363 g/mol. The highest BCUT2D eigenvalue weighted by Gasteiger charge is 2.30. The average molecular weight is 382 g/mol. The third-order valence-electron chi connectivity index (χ3n) is 5.13. The van der Waals surface area contributed by atoms with Crippen molar-refractivity contribution in [3.8, 4) is 5.75 Å². The molecule has 2 amide bonds. The van der Waals surface area contributed by atoms with Crippen LogP contribution in [0.2, 0.25) is 0 Å². The van der Waals surface area contributed by atoms with Gasteiger partial charge in [-0.2, -0.15) is 5.10 Å². The molecule has 28 heavy (non-hydrogen) atoms. The smallest absolute Gasteiger partial charge is 0.319 e. The molecule has 144 valence electrons. The lowest BCUT2D eigenvalue weighted by molar-refractivity contribution is 0.247. The second-order valence-corrected chi connectivity index (χ2v) is 6.88.